The molecule has 0 heterocycles. The van der Waals surface area contributed by atoms with E-state index in [1.54, 1.807) is 0 Å². The second-order valence-corrected chi connectivity index (χ2v) is 5.07. The molecule has 3 nitrogen and oxygen atoms in total. The maximum absolute atomic E-state index is 7.33. The van der Waals surface area contributed by atoms with Crippen LogP contribution in [0.15, 0.2) is 0 Å². The molecule has 88 valence electrons. The molecule has 0 saturated heterocycles. The Hall–Kier alpha value is -0.570. The normalized spacial score (nSPS) is 29.1. The van der Waals surface area contributed by atoms with Crippen LogP contribution in [0.5, 0.6) is 0 Å². The van der Waals surface area contributed by atoms with Crippen molar-refractivity contribution in [3.8, 4) is 0 Å². The van der Waals surface area contributed by atoms with Crippen molar-refractivity contribution in [2.24, 2.45) is 11.7 Å². The maximum Gasteiger partial charge on any atom is 0.0920 e. The smallest absolute Gasteiger partial charge is 0.0920 e. The summed E-state index contributed by atoms with van der Waals surface area (Å²) in [6.07, 6.45) is 6.08. The Kier molecular flexibility index (Phi) is 4.58. The average molecular weight is 211 g/mol. The van der Waals surface area contributed by atoms with Crippen LogP contribution < -0.4 is 5.73 Å². The molecule has 3 N–H and O–H groups in total. The van der Waals surface area contributed by atoms with Gasteiger partial charge in [0, 0.05) is 18.5 Å². The van der Waals surface area contributed by atoms with E-state index < -0.39 is 0 Å². The molecule has 0 aromatic heterocycles. The molecule has 1 saturated carbocycles. The third kappa shape index (κ3) is 3.49. The van der Waals surface area contributed by atoms with Gasteiger partial charge >= 0.3 is 0 Å². The van der Waals surface area contributed by atoms with Gasteiger partial charge in [-0.3, -0.25) is 5.41 Å². The summed E-state index contributed by atoms with van der Waals surface area (Å²) in [7, 11) is 2.18. The van der Waals surface area contributed by atoms with E-state index in [-0.39, 0.29) is 0 Å². The molecule has 15 heavy (non-hydrogen) atoms. The quantitative estimate of drug-likeness (QED) is 0.553. The van der Waals surface area contributed by atoms with E-state index in [1.165, 1.54) is 25.7 Å². The first-order valence-electron chi connectivity index (χ1n) is 6.07. The predicted octanol–water partition coefficient (Wildman–Crippen LogP) is 2.21. The third-order valence-corrected chi connectivity index (χ3v) is 3.80. The summed E-state index contributed by atoms with van der Waals surface area (Å²) < 4.78 is 0. The molecule has 0 aromatic rings. The zero-order valence-electron chi connectivity index (χ0n) is 10.3. The summed E-state index contributed by atoms with van der Waals surface area (Å²) in [5.74, 6) is 1.09. The number of nitrogens with two attached hydrogens (primary N) is 1. The molecule has 1 aliphatic rings. The first-order chi connectivity index (χ1) is 7.02. The SMILES string of the molecule is CC1CCCCC1N(C)C(C)CC(=N)N. The van der Waals surface area contributed by atoms with E-state index in [9.17, 15) is 0 Å². The standard InChI is InChI=1S/C12H25N3/c1-9-6-4-5-7-11(9)15(3)10(2)8-12(13)14/h9-11H,4-8H2,1-3H3,(H3,13,14). The first kappa shape index (κ1) is 12.5. The lowest BCUT2D eigenvalue weighted by Crippen LogP contribution is -2.45. The number of hydrogen-bond acceptors (Lipinski definition) is 2. The molecule has 0 amide bonds. The molecule has 1 fully saturated rings. The molecule has 0 radical (unpaired) electrons. The van der Waals surface area contributed by atoms with Crippen LogP contribution in [-0.2, 0) is 0 Å². The molecule has 1 rings (SSSR count). The van der Waals surface area contributed by atoms with Crippen LogP contribution in [0, 0.1) is 11.3 Å². The minimum Gasteiger partial charge on any atom is -0.388 e. The zero-order valence-corrected chi connectivity index (χ0v) is 10.3. The van der Waals surface area contributed by atoms with Crippen molar-refractivity contribution in [1.29, 1.82) is 5.41 Å². The van der Waals surface area contributed by atoms with Crippen molar-refractivity contribution in [3.05, 3.63) is 0 Å². The highest BCUT2D eigenvalue weighted by Crippen LogP contribution is 2.28. The fourth-order valence-corrected chi connectivity index (χ4v) is 2.69. The van der Waals surface area contributed by atoms with Gasteiger partial charge in [0.1, 0.15) is 0 Å². The fourth-order valence-electron chi connectivity index (χ4n) is 2.69. The highest BCUT2D eigenvalue weighted by Gasteiger charge is 2.27. The lowest BCUT2D eigenvalue weighted by atomic mass is 9.84. The van der Waals surface area contributed by atoms with Crippen LogP contribution in [-0.4, -0.2) is 29.9 Å². The van der Waals surface area contributed by atoms with Crippen molar-refractivity contribution in [1.82, 2.24) is 4.90 Å². The minimum absolute atomic E-state index is 0.304. The lowest BCUT2D eigenvalue weighted by Gasteiger charge is -2.39. The van der Waals surface area contributed by atoms with Crippen LogP contribution in [0.2, 0.25) is 0 Å². The Balaban J connectivity index is 2.49. The van der Waals surface area contributed by atoms with Gasteiger partial charge in [-0.1, -0.05) is 19.8 Å². The van der Waals surface area contributed by atoms with E-state index in [0.29, 0.717) is 24.3 Å². The second kappa shape index (κ2) is 5.50. The number of hydrogen-bond donors (Lipinski definition) is 2. The number of rotatable bonds is 4. The molecular weight excluding hydrogens is 186 g/mol. The molecule has 1 aliphatic carbocycles. The monoisotopic (exact) mass is 211 g/mol. The summed E-state index contributed by atoms with van der Waals surface area (Å²) in [5.41, 5.74) is 5.45. The van der Waals surface area contributed by atoms with Gasteiger partial charge in [-0.2, -0.15) is 0 Å². The summed E-state index contributed by atoms with van der Waals surface area (Å²) >= 11 is 0. The van der Waals surface area contributed by atoms with E-state index >= 15 is 0 Å². The maximum atomic E-state index is 7.33. The minimum atomic E-state index is 0.304. The van der Waals surface area contributed by atoms with Crippen molar-refractivity contribution >= 4 is 5.84 Å². The number of nitrogens with zero attached hydrogens (tertiary/aromatic N) is 1. The molecule has 3 heteroatoms. The first-order valence-corrected chi connectivity index (χ1v) is 6.07. The van der Waals surface area contributed by atoms with Crippen molar-refractivity contribution in [2.75, 3.05) is 7.05 Å². The summed E-state index contributed by atoms with van der Waals surface area (Å²) in [4.78, 5) is 2.42. The Bertz CT molecular complexity index is 215. The van der Waals surface area contributed by atoms with E-state index in [4.69, 9.17) is 11.1 Å². The molecule has 0 spiro atoms. The van der Waals surface area contributed by atoms with Gasteiger partial charge in [0.2, 0.25) is 0 Å². The highest BCUT2D eigenvalue weighted by molar-refractivity contribution is 5.77. The van der Waals surface area contributed by atoms with E-state index in [2.05, 4.69) is 25.8 Å². The summed E-state index contributed by atoms with van der Waals surface area (Å²) in [6, 6.07) is 1.08. The zero-order chi connectivity index (χ0) is 11.4. The number of amidine groups is 1. The molecule has 3 atom stereocenters. The van der Waals surface area contributed by atoms with Gasteiger partial charge in [-0.05, 0) is 32.7 Å². The van der Waals surface area contributed by atoms with Gasteiger partial charge < -0.3 is 10.6 Å². The van der Waals surface area contributed by atoms with Crippen molar-refractivity contribution < 1.29 is 0 Å². The van der Waals surface area contributed by atoms with Gasteiger partial charge in [0.25, 0.3) is 0 Å². The largest absolute Gasteiger partial charge is 0.388 e. The Morgan fingerprint density at radius 2 is 2.07 bits per heavy atom. The summed E-state index contributed by atoms with van der Waals surface area (Å²) in [6.45, 7) is 4.52. The number of nitrogens with one attached hydrogen (secondary N) is 1. The molecule has 0 bridgehead atoms. The summed E-state index contributed by atoms with van der Waals surface area (Å²) in [5, 5.41) is 7.33. The van der Waals surface area contributed by atoms with Crippen LogP contribution in [0.25, 0.3) is 0 Å². The third-order valence-electron chi connectivity index (χ3n) is 3.80. The van der Waals surface area contributed by atoms with Gasteiger partial charge in [0.15, 0.2) is 0 Å². The van der Waals surface area contributed by atoms with Crippen LogP contribution >= 0.6 is 0 Å². The van der Waals surface area contributed by atoms with Crippen LogP contribution in [0.1, 0.15) is 46.0 Å². The molecule has 0 aromatic carbocycles. The lowest BCUT2D eigenvalue weighted by molar-refractivity contribution is 0.106. The topological polar surface area (TPSA) is 53.1 Å². The Morgan fingerprint density at radius 1 is 1.47 bits per heavy atom. The highest BCUT2D eigenvalue weighted by atomic mass is 15.2. The Morgan fingerprint density at radius 3 is 2.60 bits per heavy atom. The van der Waals surface area contributed by atoms with Crippen molar-refractivity contribution in [2.45, 2.75) is 58.0 Å². The van der Waals surface area contributed by atoms with E-state index in [0.717, 1.165) is 5.92 Å². The van der Waals surface area contributed by atoms with Crippen LogP contribution in [0.4, 0.5) is 0 Å². The van der Waals surface area contributed by atoms with Gasteiger partial charge in [0.05, 0.1) is 5.84 Å². The van der Waals surface area contributed by atoms with Crippen LogP contribution in [0.3, 0.4) is 0 Å². The average Bonchev–Trinajstić information content (AvgIpc) is 2.16. The van der Waals surface area contributed by atoms with Gasteiger partial charge in [-0.25, -0.2) is 0 Å². The predicted molar refractivity (Wildman–Crippen MR) is 65.2 cm³/mol. The van der Waals surface area contributed by atoms with Crippen molar-refractivity contribution in [3.63, 3.8) is 0 Å². The molecule has 3 unspecified atom stereocenters. The fraction of sp³-hybridized carbons (Fsp3) is 0.917. The molecular formula is C12H25N3. The van der Waals surface area contributed by atoms with E-state index in [1.807, 2.05) is 0 Å². The second-order valence-electron chi connectivity index (χ2n) is 5.07. The molecule has 0 aliphatic heterocycles. The van der Waals surface area contributed by atoms with Gasteiger partial charge in [-0.15, -0.1) is 0 Å². The Labute approximate surface area is 93.5 Å².